The van der Waals surface area contributed by atoms with Crippen molar-refractivity contribution in [3.05, 3.63) is 41.6 Å². The van der Waals surface area contributed by atoms with E-state index in [1.807, 2.05) is 30.3 Å². The van der Waals surface area contributed by atoms with E-state index in [0.29, 0.717) is 23.8 Å². The second-order valence-corrected chi connectivity index (χ2v) is 6.47. The van der Waals surface area contributed by atoms with Crippen LogP contribution in [-0.2, 0) is 6.54 Å². The van der Waals surface area contributed by atoms with E-state index in [-0.39, 0.29) is 18.0 Å². The predicted octanol–water partition coefficient (Wildman–Crippen LogP) is 2.07. The summed E-state index contributed by atoms with van der Waals surface area (Å²) in [7, 11) is 0. The lowest BCUT2D eigenvalue weighted by Crippen LogP contribution is -2.43. The third-order valence-electron chi connectivity index (χ3n) is 4.81. The number of hydrogen-bond acceptors (Lipinski definition) is 5. The highest BCUT2D eigenvalue weighted by atomic mass is 16.1. The molecule has 2 atom stereocenters. The van der Waals surface area contributed by atoms with E-state index < -0.39 is 0 Å². The molecule has 6 nitrogen and oxygen atoms in total. The zero-order valence-corrected chi connectivity index (χ0v) is 13.5. The summed E-state index contributed by atoms with van der Waals surface area (Å²) in [6.45, 7) is 0.446. The Labute approximate surface area is 140 Å². The third-order valence-corrected chi connectivity index (χ3v) is 4.81. The van der Waals surface area contributed by atoms with Crippen molar-refractivity contribution in [2.45, 2.75) is 44.3 Å². The molecule has 0 spiro atoms. The number of fused-ring (bicyclic) bond motifs is 1. The van der Waals surface area contributed by atoms with E-state index in [9.17, 15) is 4.79 Å². The standard InChI is InChI=1S/C18H21N5O/c19-12-8-4-5-9-13(12)21-18-22-14-10-20-17(24)15(14)16(23-18)11-6-2-1-3-7-11/h1-3,6-7,12-13H,4-5,8-10,19H2,(H,20,24)(H,21,22,23). The molecule has 4 rings (SSSR count). The first-order valence-electron chi connectivity index (χ1n) is 8.49. The fourth-order valence-corrected chi connectivity index (χ4v) is 3.50. The predicted molar refractivity (Wildman–Crippen MR) is 92.5 cm³/mol. The van der Waals surface area contributed by atoms with E-state index in [0.717, 1.165) is 24.1 Å². The van der Waals surface area contributed by atoms with Gasteiger partial charge in [-0.15, -0.1) is 0 Å². The average Bonchev–Trinajstić information content (AvgIpc) is 2.98. The Balaban J connectivity index is 1.73. The first kappa shape index (κ1) is 15.1. The van der Waals surface area contributed by atoms with Crippen LogP contribution in [0, 0.1) is 0 Å². The second-order valence-electron chi connectivity index (χ2n) is 6.47. The molecule has 1 amide bonds. The van der Waals surface area contributed by atoms with Crippen molar-refractivity contribution in [1.82, 2.24) is 15.3 Å². The van der Waals surface area contributed by atoms with E-state index in [4.69, 9.17) is 5.73 Å². The number of aromatic nitrogens is 2. The van der Waals surface area contributed by atoms with Gasteiger partial charge in [0.1, 0.15) is 0 Å². The number of benzene rings is 1. The monoisotopic (exact) mass is 323 g/mol. The molecule has 2 aliphatic rings. The molecule has 0 saturated heterocycles. The van der Waals surface area contributed by atoms with Gasteiger partial charge in [-0.05, 0) is 12.8 Å². The largest absolute Gasteiger partial charge is 0.350 e. The zero-order valence-electron chi connectivity index (χ0n) is 13.5. The van der Waals surface area contributed by atoms with Gasteiger partial charge < -0.3 is 16.4 Å². The van der Waals surface area contributed by atoms with Crippen molar-refractivity contribution < 1.29 is 4.79 Å². The van der Waals surface area contributed by atoms with Gasteiger partial charge in [-0.1, -0.05) is 43.2 Å². The van der Waals surface area contributed by atoms with Crippen LogP contribution in [0.4, 0.5) is 5.95 Å². The Morgan fingerprint density at radius 1 is 1.12 bits per heavy atom. The molecule has 0 bridgehead atoms. The number of nitrogens with two attached hydrogens (primary N) is 1. The van der Waals surface area contributed by atoms with Crippen molar-refractivity contribution in [3.63, 3.8) is 0 Å². The highest BCUT2D eigenvalue weighted by molar-refractivity contribution is 6.03. The zero-order chi connectivity index (χ0) is 16.5. The number of hydrogen-bond donors (Lipinski definition) is 3. The van der Waals surface area contributed by atoms with E-state index in [2.05, 4.69) is 20.6 Å². The fraction of sp³-hybridized carbons (Fsp3) is 0.389. The quantitative estimate of drug-likeness (QED) is 0.804. The van der Waals surface area contributed by atoms with Crippen molar-refractivity contribution in [2.75, 3.05) is 5.32 Å². The van der Waals surface area contributed by atoms with Crippen LogP contribution < -0.4 is 16.4 Å². The van der Waals surface area contributed by atoms with Crippen LogP contribution in [-0.4, -0.2) is 28.0 Å². The smallest absolute Gasteiger partial charge is 0.255 e. The van der Waals surface area contributed by atoms with E-state index in [1.54, 1.807) is 0 Å². The molecule has 2 aromatic rings. The van der Waals surface area contributed by atoms with Crippen LogP contribution in [0.15, 0.2) is 30.3 Å². The molecule has 1 aromatic carbocycles. The average molecular weight is 323 g/mol. The number of nitrogens with one attached hydrogen (secondary N) is 2. The van der Waals surface area contributed by atoms with Crippen molar-refractivity contribution >= 4 is 11.9 Å². The Hall–Kier alpha value is -2.47. The van der Waals surface area contributed by atoms with Gasteiger partial charge in [0.25, 0.3) is 5.91 Å². The first-order chi connectivity index (χ1) is 11.7. The Bertz CT molecular complexity index is 762. The molecular weight excluding hydrogens is 302 g/mol. The number of carbonyl (C=O) groups excluding carboxylic acids is 1. The first-order valence-corrected chi connectivity index (χ1v) is 8.49. The van der Waals surface area contributed by atoms with Crippen LogP contribution in [0.1, 0.15) is 41.7 Å². The molecular formula is C18H21N5O. The van der Waals surface area contributed by atoms with E-state index in [1.165, 1.54) is 12.8 Å². The molecule has 1 aromatic heterocycles. The maximum absolute atomic E-state index is 12.2. The van der Waals surface area contributed by atoms with Crippen LogP contribution in [0.3, 0.4) is 0 Å². The lowest BCUT2D eigenvalue weighted by molar-refractivity contribution is 0.0966. The van der Waals surface area contributed by atoms with Crippen LogP contribution in [0.25, 0.3) is 11.3 Å². The van der Waals surface area contributed by atoms with Crippen molar-refractivity contribution in [2.24, 2.45) is 5.73 Å². The van der Waals surface area contributed by atoms with Crippen LogP contribution >= 0.6 is 0 Å². The topological polar surface area (TPSA) is 92.9 Å². The molecule has 0 radical (unpaired) electrons. The lowest BCUT2D eigenvalue weighted by atomic mass is 9.91. The van der Waals surface area contributed by atoms with Crippen LogP contribution in [0.5, 0.6) is 0 Å². The molecule has 1 aliphatic heterocycles. The van der Waals surface area contributed by atoms with Gasteiger partial charge in [0.2, 0.25) is 5.95 Å². The minimum absolute atomic E-state index is 0.107. The Morgan fingerprint density at radius 3 is 2.71 bits per heavy atom. The highest BCUT2D eigenvalue weighted by Crippen LogP contribution is 2.28. The minimum Gasteiger partial charge on any atom is -0.350 e. The molecule has 1 saturated carbocycles. The summed E-state index contributed by atoms with van der Waals surface area (Å²) in [6.07, 6.45) is 4.40. The summed E-state index contributed by atoms with van der Waals surface area (Å²) in [4.78, 5) is 21.4. The molecule has 4 N–H and O–H groups in total. The van der Waals surface area contributed by atoms with Gasteiger partial charge in [0.15, 0.2) is 0 Å². The molecule has 1 aliphatic carbocycles. The van der Waals surface area contributed by atoms with Gasteiger partial charge in [-0.25, -0.2) is 9.97 Å². The second kappa shape index (κ2) is 6.20. The summed E-state index contributed by atoms with van der Waals surface area (Å²) < 4.78 is 0. The third kappa shape index (κ3) is 2.73. The maximum Gasteiger partial charge on any atom is 0.255 e. The number of rotatable bonds is 3. The highest BCUT2D eigenvalue weighted by Gasteiger charge is 2.28. The van der Waals surface area contributed by atoms with Gasteiger partial charge >= 0.3 is 0 Å². The summed E-state index contributed by atoms with van der Waals surface area (Å²) in [6, 6.07) is 10.1. The van der Waals surface area contributed by atoms with Crippen LogP contribution in [0.2, 0.25) is 0 Å². The Kier molecular flexibility index (Phi) is 3.90. The summed E-state index contributed by atoms with van der Waals surface area (Å²) in [5.41, 5.74) is 9.16. The number of nitrogens with zero attached hydrogens (tertiary/aromatic N) is 2. The molecule has 2 unspecified atom stereocenters. The normalized spacial score (nSPS) is 22.8. The number of anilines is 1. The van der Waals surface area contributed by atoms with Gasteiger partial charge in [-0.2, -0.15) is 0 Å². The van der Waals surface area contributed by atoms with E-state index >= 15 is 0 Å². The summed E-state index contributed by atoms with van der Waals surface area (Å²) in [5, 5.41) is 6.24. The fourth-order valence-electron chi connectivity index (χ4n) is 3.50. The summed E-state index contributed by atoms with van der Waals surface area (Å²) in [5.74, 6) is 0.455. The number of carbonyl (C=O) groups is 1. The van der Waals surface area contributed by atoms with Crippen molar-refractivity contribution in [3.8, 4) is 11.3 Å². The number of amides is 1. The van der Waals surface area contributed by atoms with Crippen molar-refractivity contribution in [1.29, 1.82) is 0 Å². The molecule has 24 heavy (non-hydrogen) atoms. The minimum atomic E-state index is -0.107. The molecule has 1 fully saturated rings. The lowest BCUT2D eigenvalue weighted by Gasteiger charge is -2.29. The van der Waals surface area contributed by atoms with Gasteiger partial charge in [0, 0.05) is 17.6 Å². The summed E-state index contributed by atoms with van der Waals surface area (Å²) >= 11 is 0. The molecule has 2 heterocycles. The maximum atomic E-state index is 12.2. The SMILES string of the molecule is NC1CCCCC1Nc1nc2c(c(-c3ccccc3)n1)C(=O)NC2. The Morgan fingerprint density at radius 2 is 1.92 bits per heavy atom. The molecule has 124 valence electrons. The van der Waals surface area contributed by atoms with Gasteiger partial charge in [-0.3, -0.25) is 4.79 Å². The molecule has 6 heteroatoms. The van der Waals surface area contributed by atoms with Gasteiger partial charge in [0.05, 0.1) is 23.5 Å².